The van der Waals surface area contributed by atoms with E-state index < -0.39 is 12.1 Å². The van der Waals surface area contributed by atoms with E-state index in [1.54, 1.807) is 6.08 Å². The van der Waals surface area contributed by atoms with Gasteiger partial charge in [0.05, 0.1) is 18.8 Å². The Morgan fingerprint density at radius 2 is 0.976 bits per heavy atom. The Morgan fingerprint density at radius 3 is 1.38 bits per heavy atom. The van der Waals surface area contributed by atoms with Crippen LogP contribution < -0.4 is 5.32 Å². The molecular weight excluding hydrogens is 518 g/mol. The Bertz CT molecular complexity index is 642. The maximum absolute atomic E-state index is 12.3. The number of aliphatic hydroxyl groups excluding tert-OH is 2. The molecule has 0 aromatic carbocycles. The van der Waals surface area contributed by atoms with Crippen LogP contribution in [-0.2, 0) is 4.79 Å². The van der Waals surface area contributed by atoms with Crippen LogP contribution in [0.2, 0.25) is 0 Å². The predicted octanol–water partition coefficient (Wildman–Crippen LogP) is 10.7. The molecular formula is C38H71NO3. The first kappa shape index (κ1) is 40.6. The van der Waals surface area contributed by atoms with Gasteiger partial charge in [0.25, 0.3) is 0 Å². The summed E-state index contributed by atoms with van der Waals surface area (Å²) in [6.07, 6.45) is 44.0. The molecule has 0 aromatic rings. The van der Waals surface area contributed by atoms with E-state index in [1.165, 1.54) is 122 Å². The summed E-state index contributed by atoms with van der Waals surface area (Å²) in [5.74, 6) is -0.0802. The van der Waals surface area contributed by atoms with Crippen LogP contribution in [0.25, 0.3) is 0 Å². The highest BCUT2D eigenvalue weighted by Gasteiger charge is 2.17. The second-order valence-electron chi connectivity index (χ2n) is 12.3. The molecule has 0 aliphatic heterocycles. The molecule has 0 spiro atoms. The van der Waals surface area contributed by atoms with E-state index in [-0.39, 0.29) is 12.5 Å². The molecule has 0 rings (SSSR count). The van der Waals surface area contributed by atoms with E-state index in [0.29, 0.717) is 6.42 Å². The number of rotatable bonds is 32. The van der Waals surface area contributed by atoms with Gasteiger partial charge in [0, 0.05) is 6.42 Å². The van der Waals surface area contributed by atoms with Crippen molar-refractivity contribution in [2.45, 2.75) is 193 Å². The van der Waals surface area contributed by atoms with Gasteiger partial charge in [0.2, 0.25) is 5.91 Å². The van der Waals surface area contributed by atoms with Crippen molar-refractivity contribution in [3.05, 3.63) is 36.5 Å². The molecule has 42 heavy (non-hydrogen) atoms. The highest BCUT2D eigenvalue weighted by atomic mass is 16.3. The fourth-order valence-electron chi connectivity index (χ4n) is 5.39. The number of carbonyl (C=O) groups is 1. The number of carbonyl (C=O) groups excluding carboxylic acids is 1. The summed E-state index contributed by atoms with van der Waals surface area (Å²) in [5, 5.41) is 22.7. The first-order valence-electron chi connectivity index (χ1n) is 18.2. The summed E-state index contributed by atoms with van der Waals surface area (Å²) in [6, 6.07) is -0.639. The minimum absolute atomic E-state index is 0.0802. The Morgan fingerprint density at radius 1 is 0.595 bits per heavy atom. The fraction of sp³-hybridized carbons (Fsp3) is 0.816. The number of unbranched alkanes of at least 4 members (excludes halogenated alkanes) is 22. The summed E-state index contributed by atoms with van der Waals surface area (Å²) in [5.41, 5.74) is 0. The van der Waals surface area contributed by atoms with Crippen molar-refractivity contribution in [1.82, 2.24) is 5.32 Å². The number of aliphatic hydroxyl groups is 2. The number of hydrogen-bond donors (Lipinski definition) is 3. The first-order valence-corrected chi connectivity index (χ1v) is 18.2. The van der Waals surface area contributed by atoms with Crippen LogP contribution in [-0.4, -0.2) is 34.9 Å². The van der Waals surface area contributed by atoms with E-state index in [2.05, 4.69) is 36.5 Å². The Kier molecular flexibility index (Phi) is 33.0. The van der Waals surface area contributed by atoms with Crippen molar-refractivity contribution < 1.29 is 15.0 Å². The predicted molar refractivity (Wildman–Crippen MR) is 184 cm³/mol. The molecule has 2 atom stereocenters. The Balaban J connectivity index is 3.53. The van der Waals surface area contributed by atoms with Crippen molar-refractivity contribution in [2.75, 3.05) is 6.61 Å². The summed E-state index contributed by atoms with van der Waals surface area (Å²) >= 11 is 0. The minimum Gasteiger partial charge on any atom is -0.394 e. The third-order valence-electron chi connectivity index (χ3n) is 8.20. The van der Waals surface area contributed by atoms with Gasteiger partial charge in [-0.2, -0.15) is 0 Å². The number of hydrogen-bond acceptors (Lipinski definition) is 3. The molecule has 0 radical (unpaired) electrons. The lowest BCUT2D eigenvalue weighted by Crippen LogP contribution is -2.45. The zero-order chi connectivity index (χ0) is 30.8. The van der Waals surface area contributed by atoms with E-state index in [0.717, 1.165) is 38.5 Å². The SMILES string of the molecule is C/C=C/CC/C=C/CC/C=C/C(O)C(CO)NC(=O)CCCCCCCCCCCCCCCCCCCCCCC. The summed E-state index contributed by atoms with van der Waals surface area (Å²) in [4.78, 5) is 12.3. The fourth-order valence-corrected chi connectivity index (χ4v) is 5.39. The highest BCUT2D eigenvalue weighted by Crippen LogP contribution is 2.15. The molecule has 0 aliphatic rings. The zero-order valence-electron chi connectivity index (χ0n) is 28.0. The van der Waals surface area contributed by atoms with Crippen molar-refractivity contribution in [2.24, 2.45) is 0 Å². The largest absolute Gasteiger partial charge is 0.394 e. The average molecular weight is 590 g/mol. The van der Waals surface area contributed by atoms with E-state index in [9.17, 15) is 15.0 Å². The lowest BCUT2D eigenvalue weighted by atomic mass is 10.0. The highest BCUT2D eigenvalue weighted by molar-refractivity contribution is 5.76. The van der Waals surface area contributed by atoms with Gasteiger partial charge in [-0.1, -0.05) is 172 Å². The second kappa shape index (κ2) is 34.1. The molecule has 2 unspecified atom stereocenters. The van der Waals surface area contributed by atoms with Gasteiger partial charge < -0.3 is 15.5 Å². The molecule has 0 aromatic heterocycles. The number of allylic oxidation sites excluding steroid dienone is 5. The molecule has 1 amide bonds. The Hall–Kier alpha value is -1.39. The van der Waals surface area contributed by atoms with E-state index in [4.69, 9.17) is 0 Å². The Labute approximate surface area is 261 Å². The molecule has 4 heteroatoms. The second-order valence-corrected chi connectivity index (χ2v) is 12.3. The van der Waals surface area contributed by atoms with Gasteiger partial charge in [0.15, 0.2) is 0 Å². The molecule has 0 saturated heterocycles. The zero-order valence-corrected chi connectivity index (χ0v) is 28.0. The average Bonchev–Trinajstić information content (AvgIpc) is 2.99. The molecule has 0 aliphatic carbocycles. The van der Waals surface area contributed by atoms with Crippen molar-refractivity contribution in [3.8, 4) is 0 Å². The summed E-state index contributed by atoms with van der Waals surface area (Å²) < 4.78 is 0. The molecule has 3 N–H and O–H groups in total. The van der Waals surface area contributed by atoms with Crippen LogP contribution in [0.15, 0.2) is 36.5 Å². The van der Waals surface area contributed by atoms with Crippen molar-refractivity contribution >= 4 is 5.91 Å². The number of amides is 1. The molecule has 0 fully saturated rings. The summed E-state index contributed by atoms with van der Waals surface area (Å²) in [6.45, 7) is 4.06. The van der Waals surface area contributed by atoms with Crippen molar-refractivity contribution in [1.29, 1.82) is 0 Å². The third kappa shape index (κ3) is 30.1. The van der Waals surface area contributed by atoms with Gasteiger partial charge in [0.1, 0.15) is 0 Å². The topological polar surface area (TPSA) is 69.6 Å². The maximum atomic E-state index is 12.3. The quantitative estimate of drug-likeness (QED) is 0.0540. The van der Waals surface area contributed by atoms with Crippen molar-refractivity contribution in [3.63, 3.8) is 0 Å². The van der Waals surface area contributed by atoms with Crippen LogP contribution in [0.5, 0.6) is 0 Å². The van der Waals surface area contributed by atoms with Crippen LogP contribution >= 0.6 is 0 Å². The minimum atomic E-state index is -0.864. The first-order chi connectivity index (χ1) is 20.7. The lowest BCUT2D eigenvalue weighted by Gasteiger charge is -2.19. The normalized spacial score (nSPS) is 13.5. The molecule has 4 nitrogen and oxygen atoms in total. The van der Waals surface area contributed by atoms with Gasteiger partial charge in [-0.15, -0.1) is 0 Å². The van der Waals surface area contributed by atoms with E-state index in [1.807, 2.05) is 13.0 Å². The lowest BCUT2D eigenvalue weighted by molar-refractivity contribution is -0.123. The maximum Gasteiger partial charge on any atom is 0.220 e. The van der Waals surface area contributed by atoms with Crippen LogP contribution in [0.1, 0.15) is 181 Å². The molecule has 246 valence electrons. The summed E-state index contributed by atoms with van der Waals surface area (Å²) in [7, 11) is 0. The molecule has 0 bridgehead atoms. The number of nitrogens with one attached hydrogen (secondary N) is 1. The molecule has 0 heterocycles. The molecule has 0 saturated carbocycles. The van der Waals surface area contributed by atoms with Crippen LogP contribution in [0, 0.1) is 0 Å². The van der Waals surface area contributed by atoms with Gasteiger partial charge in [-0.05, 0) is 39.0 Å². The smallest absolute Gasteiger partial charge is 0.220 e. The van der Waals surface area contributed by atoms with Gasteiger partial charge in [-0.3, -0.25) is 4.79 Å². The van der Waals surface area contributed by atoms with Crippen LogP contribution in [0.4, 0.5) is 0 Å². The van der Waals surface area contributed by atoms with Gasteiger partial charge in [-0.25, -0.2) is 0 Å². The van der Waals surface area contributed by atoms with Gasteiger partial charge >= 0.3 is 0 Å². The van der Waals surface area contributed by atoms with Crippen LogP contribution in [0.3, 0.4) is 0 Å². The standard InChI is InChI=1S/C38H71NO3/c1-3-5-7-9-11-13-14-15-16-17-18-19-20-21-22-23-24-26-28-30-32-34-38(42)39-36(35-40)37(41)33-31-29-27-25-12-10-8-6-4-2/h4,6,12,25,31,33,36-37,40-41H,3,5,7-11,13-24,26-30,32,34-35H2,1-2H3,(H,39,42)/b6-4+,25-12+,33-31+. The third-order valence-corrected chi connectivity index (χ3v) is 8.20. The monoisotopic (exact) mass is 590 g/mol. The van der Waals surface area contributed by atoms with E-state index >= 15 is 0 Å².